The standard InChI is InChI=1S/C9H16O2/c10-8-6-4-2-1-3-5-7-9-11/h2-5,10-11H,1,6-9H2. The van der Waals surface area contributed by atoms with Gasteiger partial charge in [0, 0.05) is 13.2 Å². The zero-order chi connectivity index (χ0) is 8.36. The molecule has 64 valence electrons. The van der Waals surface area contributed by atoms with Gasteiger partial charge >= 0.3 is 0 Å². The Morgan fingerprint density at radius 1 is 0.727 bits per heavy atom. The minimum Gasteiger partial charge on any atom is -0.396 e. The number of aliphatic hydroxyl groups is 2. The van der Waals surface area contributed by atoms with Crippen molar-refractivity contribution in [2.45, 2.75) is 19.3 Å². The van der Waals surface area contributed by atoms with Crippen LogP contribution < -0.4 is 0 Å². The van der Waals surface area contributed by atoms with Gasteiger partial charge in [0.05, 0.1) is 0 Å². The van der Waals surface area contributed by atoms with Gasteiger partial charge in [0.15, 0.2) is 0 Å². The molecular weight excluding hydrogens is 140 g/mol. The maximum absolute atomic E-state index is 8.40. The van der Waals surface area contributed by atoms with Gasteiger partial charge in [-0.3, -0.25) is 0 Å². The first kappa shape index (κ1) is 10.4. The first-order chi connectivity index (χ1) is 5.41. The van der Waals surface area contributed by atoms with E-state index in [0.717, 1.165) is 19.3 Å². The molecule has 0 spiro atoms. The predicted octanol–water partition coefficient (Wildman–Crippen LogP) is 1.25. The Kier molecular flexibility index (Phi) is 8.89. The first-order valence-corrected chi connectivity index (χ1v) is 3.93. The van der Waals surface area contributed by atoms with Crippen LogP contribution in [0.3, 0.4) is 0 Å². The lowest BCUT2D eigenvalue weighted by atomic mass is 10.3. The van der Waals surface area contributed by atoms with Gasteiger partial charge in [0.1, 0.15) is 0 Å². The molecule has 11 heavy (non-hydrogen) atoms. The van der Waals surface area contributed by atoms with Crippen molar-refractivity contribution in [3.8, 4) is 0 Å². The van der Waals surface area contributed by atoms with Crippen molar-refractivity contribution in [2.24, 2.45) is 0 Å². The molecule has 0 aliphatic carbocycles. The third-order valence-electron chi connectivity index (χ3n) is 1.20. The van der Waals surface area contributed by atoms with Gasteiger partial charge in [0.2, 0.25) is 0 Å². The molecule has 0 unspecified atom stereocenters. The van der Waals surface area contributed by atoms with Crippen LogP contribution in [0, 0.1) is 0 Å². The molecule has 0 aromatic carbocycles. The highest BCUT2D eigenvalue weighted by Crippen LogP contribution is 1.90. The average molecular weight is 156 g/mol. The van der Waals surface area contributed by atoms with Gasteiger partial charge in [-0.1, -0.05) is 24.3 Å². The topological polar surface area (TPSA) is 40.5 Å². The molecule has 0 saturated heterocycles. The number of allylic oxidation sites excluding steroid dienone is 2. The molecule has 0 heterocycles. The summed E-state index contributed by atoms with van der Waals surface area (Å²) in [6, 6.07) is 0. The minimum atomic E-state index is 0.219. The second-order valence-electron chi connectivity index (χ2n) is 2.20. The van der Waals surface area contributed by atoms with Crippen LogP contribution in [-0.4, -0.2) is 23.4 Å². The lowest BCUT2D eigenvalue weighted by Gasteiger charge is -1.84. The van der Waals surface area contributed by atoms with Gasteiger partial charge in [-0.25, -0.2) is 0 Å². The van der Waals surface area contributed by atoms with Gasteiger partial charge in [0.25, 0.3) is 0 Å². The minimum absolute atomic E-state index is 0.219. The summed E-state index contributed by atoms with van der Waals surface area (Å²) in [6.07, 6.45) is 10.3. The third kappa shape index (κ3) is 9.40. The largest absolute Gasteiger partial charge is 0.396 e. The van der Waals surface area contributed by atoms with Crippen LogP contribution in [0.5, 0.6) is 0 Å². The Balaban J connectivity index is 3.11. The van der Waals surface area contributed by atoms with E-state index in [0.29, 0.717) is 0 Å². The fourth-order valence-corrected chi connectivity index (χ4v) is 0.656. The second kappa shape index (κ2) is 9.40. The molecule has 0 fully saturated rings. The molecule has 0 radical (unpaired) electrons. The molecule has 2 N–H and O–H groups in total. The Hall–Kier alpha value is -0.600. The van der Waals surface area contributed by atoms with Crippen LogP contribution in [0.15, 0.2) is 24.3 Å². The van der Waals surface area contributed by atoms with Crippen molar-refractivity contribution < 1.29 is 10.2 Å². The summed E-state index contributed by atoms with van der Waals surface area (Å²) >= 11 is 0. The molecule has 0 aromatic rings. The van der Waals surface area contributed by atoms with Crippen LogP contribution in [-0.2, 0) is 0 Å². The van der Waals surface area contributed by atoms with E-state index < -0.39 is 0 Å². The van der Waals surface area contributed by atoms with Crippen LogP contribution in [0.2, 0.25) is 0 Å². The number of hydrogen-bond acceptors (Lipinski definition) is 2. The van der Waals surface area contributed by atoms with Crippen molar-refractivity contribution in [1.82, 2.24) is 0 Å². The van der Waals surface area contributed by atoms with Crippen molar-refractivity contribution in [1.29, 1.82) is 0 Å². The molecule has 0 aliphatic heterocycles. The van der Waals surface area contributed by atoms with Gasteiger partial charge in [-0.05, 0) is 19.3 Å². The van der Waals surface area contributed by atoms with Crippen LogP contribution in [0.1, 0.15) is 19.3 Å². The Morgan fingerprint density at radius 3 is 1.55 bits per heavy atom. The highest BCUT2D eigenvalue weighted by Gasteiger charge is 1.74. The predicted molar refractivity (Wildman–Crippen MR) is 46.3 cm³/mol. The molecule has 0 rings (SSSR count). The normalized spacial score (nSPS) is 11.8. The van der Waals surface area contributed by atoms with Gasteiger partial charge in [-0.15, -0.1) is 0 Å². The molecule has 0 bridgehead atoms. The number of aliphatic hydroxyl groups excluding tert-OH is 2. The van der Waals surface area contributed by atoms with Gasteiger partial charge in [-0.2, -0.15) is 0 Å². The van der Waals surface area contributed by atoms with E-state index in [1.165, 1.54) is 0 Å². The Bertz CT molecular complexity index is 103. The molecule has 2 heteroatoms. The summed E-state index contributed by atoms with van der Waals surface area (Å²) in [5.41, 5.74) is 0. The fraction of sp³-hybridized carbons (Fsp3) is 0.556. The molecule has 0 saturated carbocycles. The summed E-state index contributed by atoms with van der Waals surface area (Å²) in [6.45, 7) is 0.438. The van der Waals surface area contributed by atoms with Crippen LogP contribution in [0.4, 0.5) is 0 Å². The molecule has 0 atom stereocenters. The van der Waals surface area contributed by atoms with E-state index in [2.05, 4.69) is 0 Å². The second-order valence-corrected chi connectivity index (χ2v) is 2.20. The van der Waals surface area contributed by atoms with E-state index >= 15 is 0 Å². The smallest absolute Gasteiger partial charge is 0.0465 e. The first-order valence-electron chi connectivity index (χ1n) is 3.93. The van der Waals surface area contributed by atoms with Crippen LogP contribution in [0.25, 0.3) is 0 Å². The lowest BCUT2D eigenvalue weighted by molar-refractivity contribution is 0.302. The molecule has 2 nitrogen and oxygen atoms in total. The van der Waals surface area contributed by atoms with E-state index in [4.69, 9.17) is 10.2 Å². The fourth-order valence-electron chi connectivity index (χ4n) is 0.656. The zero-order valence-corrected chi connectivity index (χ0v) is 6.74. The highest BCUT2D eigenvalue weighted by atomic mass is 16.3. The zero-order valence-electron chi connectivity index (χ0n) is 6.74. The quantitative estimate of drug-likeness (QED) is 0.568. The van der Waals surface area contributed by atoms with Crippen molar-refractivity contribution in [3.63, 3.8) is 0 Å². The maximum atomic E-state index is 8.40. The monoisotopic (exact) mass is 156 g/mol. The average Bonchev–Trinajstić information content (AvgIpc) is 2.03. The molecule has 0 amide bonds. The third-order valence-corrected chi connectivity index (χ3v) is 1.20. The van der Waals surface area contributed by atoms with Gasteiger partial charge < -0.3 is 10.2 Å². The summed E-state index contributed by atoms with van der Waals surface area (Å²) in [4.78, 5) is 0. The van der Waals surface area contributed by atoms with Crippen molar-refractivity contribution in [2.75, 3.05) is 13.2 Å². The van der Waals surface area contributed by atoms with Crippen LogP contribution >= 0.6 is 0 Å². The van der Waals surface area contributed by atoms with E-state index in [-0.39, 0.29) is 13.2 Å². The highest BCUT2D eigenvalue weighted by molar-refractivity contribution is 4.92. The lowest BCUT2D eigenvalue weighted by Crippen LogP contribution is -1.76. The van der Waals surface area contributed by atoms with E-state index in [1.54, 1.807) is 0 Å². The maximum Gasteiger partial charge on any atom is 0.0465 e. The van der Waals surface area contributed by atoms with Crippen molar-refractivity contribution in [3.05, 3.63) is 24.3 Å². The van der Waals surface area contributed by atoms with E-state index in [1.807, 2.05) is 24.3 Å². The molecular formula is C9H16O2. The molecule has 0 aromatic heterocycles. The SMILES string of the molecule is OCCC=CCC=CCCO. The summed E-state index contributed by atoms with van der Waals surface area (Å²) in [5.74, 6) is 0. The summed E-state index contributed by atoms with van der Waals surface area (Å²) < 4.78 is 0. The summed E-state index contributed by atoms with van der Waals surface area (Å²) in [7, 11) is 0. The molecule has 0 aliphatic rings. The number of rotatable bonds is 6. The Labute approximate surface area is 67.9 Å². The van der Waals surface area contributed by atoms with Crippen molar-refractivity contribution >= 4 is 0 Å². The summed E-state index contributed by atoms with van der Waals surface area (Å²) in [5, 5.41) is 16.8. The number of hydrogen-bond donors (Lipinski definition) is 2. The Morgan fingerprint density at radius 2 is 1.18 bits per heavy atom. The van der Waals surface area contributed by atoms with E-state index in [9.17, 15) is 0 Å².